The maximum atomic E-state index is 13.5. The standard InChI is InChI=1S/C14H18ClFN4/c1-8-13(9(2)20(3)19-8)12(18-17)7-10-5-4-6-11(16)14(10)15/h4-6,12,18H,7,17H2,1-3H3. The van der Waals surface area contributed by atoms with Crippen LogP contribution in [0.2, 0.25) is 5.02 Å². The summed E-state index contributed by atoms with van der Waals surface area (Å²) in [5.41, 5.74) is 6.45. The highest BCUT2D eigenvalue weighted by Gasteiger charge is 2.21. The molecule has 0 saturated carbocycles. The second-order valence-electron chi connectivity index (χ2n) is 4.84. The summed E-state index contributed by atoms with van der Waals surface area (Å²) in [5.74, 6) is 5.25. The lowest BCUT2D eigenvalue weighted by molar-refractivity contribution is 0.543. The smallest absolute Gasteiger partial charge is 0.142 e. The normalized spacial score (nSPS) is 12.7. The lowest BCUT2D eigenvalue weighted by Gasteiger charge is -2.18. The van der Waals surface area contributed by atoms with Crippen molar-refractivity contribution in [2.45, 2.75) is 26.3 Å². The number of nitrogens with two attached hydrogens (primary N) is 1. The highest BCUT2D eigenvalue weighted by Crippen LogP contribution is 2.28. The van der Waals surface area contributed by atoms with Crippen LogP contribution < -0.4 is 11.3 Å². The van der Waals surface area contributed by atoms with Gasteiger partial charge in [0, 0.05) is 18.3 Å². The Kier molecular flexibility index (Phi) is 4.42. The summed E-state index contributed by atoms with van der Waals surface area (Å²) in [6.07, 6.45) is 0.500. The number of nitrogens with one attached hydrogen (secondary N) is 1. The summed E-state index contributed by atoms with van der Waals surface area (Å²) in [7, 11) is 1.88. The largest absolute Gasteiger partial charge is 0.272 e. The predicted octanol–water partition coefficient (Wildman–Crippen LogP) is 2.58. The third-order valence-corrected chi connectivity index (χ3v) is 3.99. The van der Waals surface area contributed by atoms with Gasteiger partial charge >= 0.3 is 0 Å². The molecule has 1 aromatic carbocycles. The number of aromatic nitrogens is 2. The minimum atomic E-state index is -0.417. The summed E-state index contributed by atoms with van der Waals surface area (Å²) in [6.45, 7) is 3.91. The van der Waals surface area contributed by atoms with E-state index in [1.54, 1.807) is 12.1 Å². The number of rotatable bonds is 4. The maximum absolute atomic E-state index is 13.5. The van der Waals surface area contributed by atoms with Gasteiger partial charge in [0.25, 0.3) is 0 Å². The molecule has 0 radical (unpaired) electrons. The van der Waals surface area contributed by atoms with Gasteiger partial charge in [0.1, 0.15) is 5.82 Å². The van der Waals surface area contributed by atoms with E-state index < -0.39 is 5.82 Å². The Morgan fingerprint density at radius 2 is 2.15 bits per heavy atom. The molecule has 0 aliphatic carbocycles. The first kappa shape index (κ1) is 15.0. The zero-order valence-corrected chi connectivity index (χ0v) is 12.5. The average molecular weight is 297 g/mol. The second-order valence-corrected chi connectivity index (χ2v) is 5.22. The molecule has 0 aliphatic heterocycles. The molecule has 108 valence electrons. The average Bonchev–Trinajstić information content (AvgIpc) is 2.66. The Morgan fingerprint density at radius 1 is 1.45 bits per heavy atom. The summed E-state index contributed by atoms with van der Waals surface area (Å²) in [6, 6.07) is 4.63. The van der Waals surface area contributed by atoms with Crippen molar-refractivity contribution in [2.24, 2.45) is 12.9 Å². The van der Waals surface area contributed by atoms with Gasteiger partial charge in [-0.05, 0) is 31.9 Å². The molecule has 1 heterocycles. The summed E-state index contributed by atoms with van der Waals surface area (Å²) in [4.78, 5) is 0. The summed E-state index contributed by atoms with van der Waals surface area (Å²) < 4.78 is 15.3. The number of aryl methyl sites for hydroxylation is 2. The zero-order valence-electron chi connectivity index (χ0n) is 11.7. The number of hydrogen-bond acceptors (Lipinski definition) is 3. The van der Waals surface area contributed by atoms with E-state index in [0.29, 0.717) is 6.42 Å². The number of hydrazine groups is 1. The highest BCUT2D eigenvalue weighted by atomic mass is 35.5. The molecule has 0 aliphatic rings. The van der Waals surface area contributed by atoms with Gasteiger partial charge in [-0.2, -0.15) is 5.10 Å². The maximum Gasteiger partial charge on any atom is 0.142 e. The third-order valence-electron chi connectivity index (χ3n) is 3.57. The fraction of sp³-hybridized carbons (Fsp3) is 0.357. The van der Waals surface area contributed by atoms with Gasteiger partial charge in [0.05, 0.1) is 16.8 Å². The Morgan fingerprint density at radius 3 is 2.70 bits per heavy atom. The van der Waals surface area contributed by atoms with Crippen molar-refractivity contribution in [1.29, 1.82) is 0 Å². The van der Waals surface area contributed by atoms with Crippen molar-refractivity contribution >= 4 is 11.6 Å². The van der Waals surface area contributed by atoms with E-state index in [4.69, 9.17) is 17.4 Å². The minimum Gasteiger partial charge on any atom is -0.272 e. The fourth-order valence-corrected chi connectivity index (χ4v) is 2.67. The van der Waals surface area contributed by atoms with Crippen molar-refractivity contribution in [1.82, 2.24) is 15.2 Å². The molecule has 6 heteroatoms. The molecular formula is C14H18ClFN4. The van der Waals surface area contributed by atoms with Crippen LogP contribution in [-0.2, 0) is 13.5 Å². The van der Waals surface area contributed by atoms with Crippen LogP contribution >= 0.6 is 11.6 Å². The molecule has 1 aromatic heterocycles. The van der Waals surface area contributed by atoms with E-state index in [2.05, 4.69) is 10.5 Å². The molecule has 20 heavy (non-hydrogen) atoms. The van der Waals surface area contributed by atoms with Gasteiger partial charge in [0.15, 0.2) is 0 Å². The topological polar surface area (TPSA) is 55.9 Å². The van der Waals surface area contributed by atoms with Gasteiger partial charge < -0.3 is 0 Å². The van der Waals surface area contributed by atoms with Gasteiger partial charge in [-0.15, -0.1) is 0 Å². The lowest BCUT2D eigenvalue weighted by atomic mass is 9.97. The van der Waals surface area contributed by atoms with Crippen molar-refractivity contribution in [3.05, 3.63) is 51.6 Å². The van der Waals surface area contributed by atoms with Crippen LogP contribution in [0.25, 0.3) is 0 Å². The zero-order chi connectivity index (χ0) is 14.9. The number of benzene rings is 1. The van der Waals surface area contributed by atoms with E-state index in [0.717, 1.165) is 22.5 Å². The predicted molar refractivity (Wildman–Crippen MR) is 77.9 cm³/mol. The van der Waals surface area contributed by atoms with E-state index in [9.17, 15) is 4.39 Å². The van der Waals surface area contributed by atoms with Crippen molar-refractivity contribution < 1.29 is 4.39 Å². The van der Waals surface area contributed by atoms with Crippen molar-refractivity contribution in [2.75, 3.05) is 0 Å². The first-order valence-electron chi connectivity index (χ1n) is 6.34. The van der Waals surface area contributed by atoms with Gasteiger partial charge in [-0.25, -0.2) is 4.39 Å². The van der Waals surface area contributed by atoms with Crippen LogP contribution in [0.5, 0.6) is 0 Å². The van der Waals surface area contributed by atoms with Crippen LogP contribution in [0.1, 0.15) is 28.6 Å². The molecular weight excluding hydrogens is 279 g/mol. The summed E-state index contributed by atoms with van der Waals surface area (Å²) >= 11 is 6.00. The Bertz CT molecular complexity index is 624. The van der Waals surface area contributed by atoms with Crippen LogP contribution in [0, 0.1) is 19.7 Å². The summed E-state index contributed by atoms with van der Waals surface area (Å²) in [5, 5.41) is 4.52. The van der Waals surface area contributed by atoms with Crippen molar-refractivity contribution in [3.8, 4) is 0 Å². The highest BCUT2D eigenvalue weighted by molar-refractivity contribution is 6.31. The molecule has 0 amide bonds. The van der Waals surface area contributed by atoms with E-state index in [-0.39, 0.29) is 11.1 Å². The fourth-order valence-electron chi connectivity index (χ4n) is 2.46. The minimum absolute atomic E-state index is 0.145. The molecule has 0 bridgehead atoms. The molecule has 0 spiro atoms. The van der Waals surface area contributed by atoms with Gasteiger partial charge in [-0.3, -0.25) is 16.0 Å². The van der Waals surface area contributed by atoms with Crippen LogP contribution in [0.15, 0.2) is 18.2 Å². The molecule has 0 saturated heterocycles. The Balaban J connectivity index is 2.36. The molecule has 0 fully saturated rings. The van der Waals surface area contributed by atoms with E-state index in [1.165, 1.54) is 6.07 Å². The van der Waals surface area contributed by atoms with Gasteiger partial charge in [0.2, 0.25) is 0 Å². The SMILES string of the molecule is Cc1nn(C)c(C)c1C(Cc1cccc(F)c1Cl)NN. The molecule has 2 aromatic rings. The van der Waals surface area contributed by atoms with Crippen LogP contribution in [-0.4, -0.2) is 9.78 Å². The first-order valence-corrected chi connectivity index (χ1v) is 6.72. The van der Waals surface area contributed by atoms with Crippen molar-refractivity contribution in [3.63, 3.8) is 0 Å². The number of hydrogen-bond donors (Lipinski definition) is 2. The van der Waals surface area contributed by atoms with Crippen LogP contribution in [0.4, 0.5) is 4.39 Å². The third kappa shape index (κ3) is 2.70. The molecule has 4 nitrogen and oxygen atoms in total. The molecule has 3 N–H and O–H groups in total. The number of nitrogens with zero attached hydrogens (tertiary/aromatic N) is 2. The monoisotopic (exact) mass is 296 g/mol. The molecule has 1 atom stereocenters. The molecule has 2 rings (SSSR count). The first-order chi connectivity index (χ1) is 9.45. The van der Waals surface area contributed by atoms with E-state index in [1.807, 2.05) is 25.6 Å². The van der Waals surface area contributed by atoms with Gasteiger partial charge in [-0.1, -0.05) is 23.7 Å². The number of halogens is 2. The Labute approximate surface area is 122 Å². The second kappa shape index (κ2) is 5.91. The van der Waals surface area contributed by atoms with Crippen LogP contribution in [0.3, 0.4) is 0 Å². The quantitative estimate of drug-likeness (QED) is 0.673. The lowest BCUT2D eigenvalue weighted by Crippen LogP contribution is -2.30. The van der Waals surface area contributed by atoms with E-state index >= 15 is 0 Å². The Hall–Kier alpha value is -1.43. The molecule has 1 unspecified atom stereocenters.